The number of rotatable bonds is 2. The Kier molecular flexibility index (Phi) is 4.80. The van der Waals surface area contributed by atoms with E-state index in [0.29, 0.717) is 5.89 Å². The molecule has 1 N–H and O–H groups in total. The molecule has 0 saturated carbocycles. The number of thiophene rings is 1. The number of aromatic nitrogens is 2. The van der Waals surface area contributed by atoms with Crippen molar-refractivity contribution < 1.29 is 4.52 Å². The van der Waals surface area contributed by atoms with Crippen LogP contribution in [-0.2, 0) is 0 Å². The molecule has 3 heterocycles. The Hall–Kier alpha value is -0.950. The highest BCUT2D eigenvalue weighted by Gasteiger charge is 2.25. The minimum Gasteiger partial charge on any atom is -0.333 e. The maximum atomic E-state index is 5.42. The van der Waals surface area contributed by atoms with Crippen molar-refractivity contribution in [3.05, 3.63) is 22.3 Å². The summed E-state index contributed by atoms with van der Waals surface area (Å²) in [6.07, 6.45) is 0. The largest absolute Gasteiger partial charge is 0.333 e. The van der Waals surface area contributed by atoms with E-state index in [0.717, 1.165) is 30.3 Å². The number of hydrogen-bond donors (Lipinski definition) is 1. The maximum Gasteiger partial charge on any atom is 0.268 e. The van der Waals surface area contributed by atoms with Gasteiger partial charge in [-0.1, -0.05) is 5.16 Å². The van der Waals surface area contributed by atoms with Crippen molar-refractivity contribution in [3.8, 4) is 10.8 Å². The van der Waals surface area contributed by atoms with E-state index in [1.807, 2.05) is 0 Å². The molecule has 0 radical (unpaired) electrons. The van der Waals surface area contributed by atoms with E-state index in [-0.39, 0.29) is 18.4 Å². The summed E-state index contributed by atoms with van der Waals surface area (Å²) in [6.45, 7) is 7.11. The molecule has 7 heteroatoms. The van der Waals surface area contributed by atoms with Crippen molar-refractivity contribution in [3.63, 3.8) is 0 Å². The van der Waals surface area contributed by atoms with Crippen LogP contribution in [0.5, 0.6) is 0 Å². The molecular formula is C13H19ClN4OS. The fourth-order valence-corrected chi connectivity index (χ4v) is 3.20. The summed E-state index contributed by atoms with van der Waals surface area (Å²) in [7, 11) is 2.10. The summed E-state index contributed by atoms with van der Waals surface area (Å²) in [6, 6.07) is 2.31. The molecule has 0 aromatic carbocycles. The summed E-state index contributed by atoms with van der Waals surface area (Å²) in [5, 5.41) is 7.51. The molecule has 1 unspecified atom stereocenters. The topological polar surface area (TPSA) is 54.2 Å². The van der Waals surface area contributed by atoms with E-state index >= 15 is 0 Å². The molecule has 2 aromatic rings. The zero-order chi connectivity index (χ0) is 13.4. The normalized spacial score (nSPS) is 19.9. The Labute approximate surface area is 128 Å². The van der Waals surface area contributed by atoms with E-state index in [2.05, 4.69) is 47.3 Å². The third-order valence-electron chi connectivity index (χ3n) is 3.63. The van der Waals surface area contributed by atoms with Crippen LogP contribution in [0.3, 0.4) is 0 Å². The van der Waals surface area contributed by atoms with Crippen LogP contribution in [0, 0.1) is 13.8 Å². The molecule has 0 spiro atoms. The molecule has 1 atom stereocenters. The van der Waals surface area contributed by atoms with E-state index < -0.39 is 0 Å². The zero-order valence-corrected chi connectivity index (χ0v) is 13.5. The number of hydrogen-bond acceptors (Lipinski definition) is 6. The Morgan fingerprint density at radius 1 is 1.45 bits per heavy atom. The number of piperazine rings is 1. The molecule has 20 heavy (non-hydrogen) atoms. The van der Waals surface area contributed by atoms with Gasteiger partial charge in [0.2, 0.25) is 0 Å². The van der Waals surface area contributed by atoms with E-state index in [1.165, 1.54) is 10.4 Å². The zero-order valence-electron chi connectivity index (χ0n) is 11.8. The van der Waals surface area contributed by atoms with Crippen LogP contribution in [0.25, 0.3) is 10.8 Å². The molecule has 0 bridgehead atoms. The Morgan fingerprint density at radius 2 is 2.25 bits per heavy atom. The number of likely N-dealkylation sites (N-methyl/N-ethyl adjacent to an activating group) is 1. The third kappa shape index (κ3) is 2.88. The van der Waals surface area contributed by atoms with Gasteiger partial charge in [0.05, 0.1) is 10.9 Å². The first-order chi connectivity index (χ1) is 9.15. The molecule has 1 saturated heterocycles. The molecular weight excluding hydrogens is 296 g/mol. The fourth-order valence-electron chi connectivity index (χ4n) is 2.24. The Morgan fingerprint density at radius 3 is 2.90 bits per heavy atom. The molecule has 1 aliphatic heterocycles. The first kappa shape index (κ1) is 15.4. The van der Waals surface area contributed by atoms with E-state index in [1.54, 1.807) is 11.3 Å². The van der Waals surface area contributed by atoms with Crippen LogP contribution in [0.4, 0.5) is 0 Å². The highest BCUT2D eigenvalue weighted by molar-refractivity contribution is 7.15. The van der Waals surface area contributed by atoms with Crippen molar-refractivity contribution >= 4 is 23.7 Å². The minimum absolute atomic E-state index is 0. The molecule has 0 aliphatic carbocycles. The standard InChI is InChI=1S/C13H18N4OS.ClH/c1-8-6-11(19-9(8)2)13-15-12(16-18-13)10-7-14-4-5-17(10)3;/h6,10,14H,4-5,7H2,1-3H3;1H. The predicted octanol–water partition coefficient (Wildman–Crippen LogP) is 2.41. The lowest BCUT2D eigenvalue weighted by Crippen LogP contribution is -2.44. The van der Waals surface area contributed by atoms with Gasteiger partial charge >= 0.3 is 0 Å². The average Bonchev–Trinajstić information content (AvgIpc) is 2.98. The SMILES string of the molecule is Cc1cc(-c2nc(C3CNCCN3C)no2)sc1C.Cl. The summed E-state index contributed by atoms with van der Waals surface area (Å²) in [5.41, 5.74) is 1.27. The van der Waals surface area contributed by atoms with Gasteiger partial charge in [-0.2, -0.15) is 4.98 Å². The second-order valence-electron chi connectivity index (χ2n) is 5.01. The fraction of sp³-hybridized carbons (Fsp3) is 0.538. The van der Waals surface area contributed by atoms with Gasteiger partial charge in [0, 0.05) is 24.5 Å². The summed E-state index contributed by atoms with van der Waals surface area (Å²) < 4.78 is 5.42. The summed E-state index contributed by atoms with van der Waals surface area (Å²) in [5.74, 6) is 1.41. The molecule has 3 rings (SSSR count). The van der Waals surface area contributed by atoms with Gasteiger partial charge in [0.15, 0.2) is 5.82 Å². The van der Waals surface area contributed by atoms with Crippen LogP contribution in [0.15, 0.2) is 10.6 Å². The van der Waals surface area contributed by atoms with Crippen LogP contribution < -0.4 is 5.32 Å². The van der Waals surface area contributed by atoms with Gasteiger partial charge in [0.25, 0.3) is 5.89 Å². The van der Waals surface area contributed by atoms with Crippen molar-refractivity contribution in [1.29, 1.82) is 0 Å². The van der Waals surface area contributed by atoms with E-state index in [4.69, 9.17) is 4.52 Å². The van der Waals surface area contributed by atoms with E-state index in [9.17, 15) is 0 Å². The van der Waals surface area contributed by atoms with Gasteiger partial charge in [-0.15, -0.1) is 23.7 Å². The van der Waals surface area contributed by atoms with Crippen molar-refractivity contribution in [2.75, 3.05) is 26.7 Å². The molecule has 2 aromatic heterocycles. The lowest BCUT2D eigenvalue weighted by atomic mass is 10.2. The van der Waals surface area contributed by atoms with Gasteiger partial charge in [-0.05, 0) is 32.5 Å². The van der Waals surface area contributed by atoms with Gasteiger partial charge in [0.1, 0.15) is 0 Å². The van der Waals surface area contributed by atoms with Crippen LogP contribution in [-0.4, -0.2) is 41.7 Å². The second-order valence-corrected chi connectivity index (χ2v) is 6.26. The maximum absolute atomic E-state index is 5.42. The minimum atomic E-state index is 0. The molecule has 0 amide bonds. The van der Waals surface area contributed by atoms with Crippen LogP contribution >= 0.6 is 23.7 Å². The first-order valence-corrected chi connectivity index (χ1v) is 7.29. The first-order valence-electron chi connectivity index (χ1n) is 6.47. The third-order valence-corrected chi connectivity index (χ3v) is 4.77. The number of halogens is 1. The monoisotopic (exact) mass is 314 g/mol. The van der Waals surface area contributed by atoms with Gasteiger partial charge in [-0.3, -0.25) is 4.90 Å². The van der Waals surface area contributed by atoms with Gasteiger partial charge < -0.3 is 9.84 Å². The molecule has 5 nitrogen and oxygen atoms in total. The lowest BCUT2D eigenvalue weighted by molar-refractivity contribution is 0.190. The molecule has 110 valence electrons. The Bertz CT molecular complexity index is 563. The summed E-state index contributed by atoms with van der Waals surface area (Å²) in [4.78, 5) is 9.17. The van der Waals surface area contributed by atoms with Crippen LogP contribution in [0.1, 0.15) is 22.3 Å². The predicted molar refractivity (Wildman–Crippen MR) is 82.6 cm³/mol. The highest BCUT2D eigenvalue weighted by atomic mass is 35.5. The van der Waals surface area contributed by atoms with Crippen molar-refractivity contribution in [2.45, 2.75) is 19.9 Å². The van der Waals surface area contributed by atoms with Crippen molar-refractivity contribution in [2.24, 2.45) is 0 Å². The average molecular weight is 315 g/mol. The van der Waals surface area contributed by atoms with Crippen LogP contribution in [0.2, 0.25) is 0 Å². The van der Waals surface area contributed by atoms with Gasteiger partial charge in [-0.25, -0.2) is 0 Å². The van der Waals surface area contributed by atoms with Crippen molar-refractivity contribution in [1.82, 2.24) is 20.4 Å². The molecule has 1 aliphatic rings. The second kappa shape index (κ2) is 6.22. The number of nitrogens with one attached hydrogen (secondary N) is 1. The quantitative estimate of drug-likeness (QED) is 0.922. The molecule has 1 fully saturated rings. The highest BCUT2D eigenvalue weighted by Crippen LogP contribution is 2.30. The lowest BCUT2D eigenvalue weighted by Gasteiger charge is -2.30. The number of aryl methyl sites for hydroxylation is 2. The Balaban J connectivity index is 0.00000147. The summed E-state index contributed by atoms with van der Waals surface area (Å²) >= 11 is 1.70. The number of nitrogens with zero attached hydrogens (tertiary/aromatic N) is 3. The smallest absolute Gasteiger partial charge is 0.268 e.